The maximum atomic E-state index is 12.5. The van der Waals surface area contributed by atoms with E-state index in [9.17, 15) is 9.90 Å². The van der Waals surface area contributed by atoms with Crippen LogP contribution in [0.4, 0.5) is 4.79 Å². The van der Waals surface area contributed by atoms with Gasteiger partial charge in [-0.15, -0.1) is 0 Å². The van der Waals surface area contributed by atoms with E-state index in [-0.39, 0.29) is 19.2 Å². The predicted molar refractivity (Wildman–Crippen MR) is 98.2 cm³/mol. The fourth-order valence-corrected chi connectivity index (χ4v) is 3.17. The lowest BCUT2D eigenvalue weighted by Crippen LogP contribution is -2.46. The number of hydrogen-bond donors (Lipinski definition) is 1. The first kappa shape index (κ1) is 20.3. The summed E-state index contributed by atoms with van der Waals surface area (Å²) in [5.74, 6) is 0. The summed E-state index contributed by atoms with van der Waals surface area (Å²) in [5.41, 5.74) is -0.643. The molecule has 1 N–H and O–H groups in total. The second-order valence-corrected chi connectivity index (χ2v) is 8.02. The van der Waals surface area contributed by atoms with Gasteiger partial charge in [-0.05, 0) is 44.9 Å². The first-order valence-electron chi connectivity index (χ1n) is 8.35. The summed E-state index contributed by atoms with van der Waals surface area (Å²) in [6.45, 7) is 6.70. The van der Waals surface area contributed by atoms with Gasteiger partial charge in [-0.2, -0.15) is 0 Å². The molecular weight excluding hydrogens is 365 g/mol. The number of carbonyl (C=O) groups is 1. The predicted octanol–water partition coefficient (Wildman–Crippen LogP) is 4.23. The molecule has 0 unspecified atom stereocenters. The summed E-state index contributed by atoms with van der Waals surface area (Å²) < 4.78 is 11.6. The van der Waals surface area contributed by atoms with Gasteiger partial charge < -0.3 is 19.5 Å². The Balaban J connectivity index is 2.34. The van der Waals surface area contributed by atoms with Crippen molar-refractivity contribution in [1.82, 2.24) is 4.90 Å². The highest BCUT2D eigenvalue weighted by molar-refractivity contribution is 6.42. The average molecular weight is 390 g/mol. The molecule has 2 rings (SSSR count). The van der Waals surface area contributed by atoms with Gasteiger partial charge in [-0.1, -0.05) is 29.3 Å². The van der Waals surface area contributed by atoms with Crippen LogP contribution >= 0.6 is 23.2 Å². The first-order chi connectivity index (χ1) is 11.7. The van der Waals surface area contributed by atoms with Crippen LogP contribution in [0.3, 0.4) is 0 Å². The molecule has 0 aliphatic carbocycles. The summed E-state index contributed by atoms with van der Waals surface area (Å²) in [6, 6.07) is 5.25. The van der Waals surface area contributed by atoms with Crippen molar-refractivity contribution in [3.8, 4) is 0 Å². The Morgan fingerprint density at radius 2 is 2.08 bits per heavy atom. The molecule has 1 aliphatic rings. The lowest BCUT2D eigenvalue weighted by atomic mass is 9.89. The Hall–Kier alpha value is -1.01. The van der Waals surface area contributed by atoms with Crippen LogP contribution < -0.4 is 0 Å². The molecule has 1 saturated heterocycles. The van der Waals surface area contributed by atoms with E-state index in [0.717, 1.165) is 5.56 Å². The van der Waals surface area contributed by atoms with Crippen LogP contribution in [-0.4, -0.2) is 48.0 Å². The van der Waals surface area contributed by atoms with Crippen molar-refractivity contribution in [2.45, 2.75) is 44.8 Å². The van der Waals surface area contributed by atoms with Gasteiger partial charge >= 0.3 is 6.09 Å². The number of hydrogen-bond acceptors (Lipinski definition) is 4. The van der Waals surface area contributed by atoms with E-state index in [2.05, 4.69) is 0 Å². The van der Waals surface area contributed by atoms with Crippen molar-refractivity contribution in [2.24, 2.45) is 0 Å². The Labute approximate surface area is 158 Å². The molecule has 0 bridgehead atoms. The lowest BCUT2D eigenvalue weighted by Gasteiger charge is -2.36. The van der Waals surface area contributed by atoms with Crippen molar-refractivity contribution in [3.05, 3.63) is 33.8 Å². The molecule has 0 radical (unpaired) electrons. The van der Waals surface area contributed by atoms with Gasteiger partial charge in [0.05, 0.1) is 16.6 Å². The largest absolute Gasteiger partial charge is 0.444 e. The maximum Gasteiger partial charge on any atom is 0.410 e. The van der Waals surface area contributed by atoms with Crippen LogP contribution in [0.2, 0.25) is 10.0 Å². The van der Waals surface area contributed by atoms with Crippen LogP contribution in [0, 0.1) is 0 Å². The molecule has 1 aliphatic heterocycles. The zero-order valence-corrected chi connectivity index (χ0v) is 16.4. The van der Waals surface area contributed by atoms with Gasteiger partial charge in [-0.3, -0.25) is 0 Å². The number of halogens is 2. The molecule has 5 nitrogen and oxygen atoms in total. The molecule has 1 aromatic rings. The summed E-state index contributed by atoms with van der Waals surface area (Å²) in [6.07, 6.45) is 0.637. The molecule has 0 aromatic heterocycles. The first-order valence-corrected chi connectivity index (χ1v) is 9.11. The highest BCUT2D eigenvalue weighted by Gasteiger charge is 2.39. The third kappa shape index (κ3) is 5.23. The van der Waals surface area contributed by atoms with E-state index in [1.165, 1.54) is 0 Å². The summed E-state index contributed by atoms with van der Waals surface area (Å²) in [7, 11) is 0. The number of aliphatic hydroxyl groups is 1. The highest BCUT2D eigenvalue weighted by Crippen LogP contribution is 2.36. The van der Waals surface area contributed by atoms with Gasteiger partial charge in [0.1, 0.15) is 11.2 Å². The molecule has 1 heterocycles. The Morgan fingerprint density at radius 1 is 1.36 bits per heavy atom. The second-order valence-electron chi connectivity index (χ2n) is 7.20. The summed E-state index contributed by atoms with van der Waals surface area (Å²) in [5, 5.41) is 10.5. The van der Waals surface area contributed by atoms with E-state index in [1.54, 1.807) is 17.0 Å². The minimum atomic E-state index is -0.851. The van der Waals surface area contributed by atoms with Gasteiger partial charge in [0, 0.05) is 26.2 Å². The number of ether oxygens (including phenoxy) is 2. The third-order valence-corrected chi connectivity index (χ3v) is 4.75. The molecule has 1 amide bonds. The number of carbonyl (C=O) groups excluding carboxylic acids is 1. The second kappa shape index (κ2) is 8.12. The van der Waals surface area contributed by atoms with E-state index in [1.807, 2.05) is 26.8 Å². The van der Waals surface area contributed by atoms with Crippen LogP contribution in [0.1, 0.15) is 39.2 Å². The Morgan fingerprint density at radius 3 is 2.68 bits per heavy atom. The van der Waals surface area contributed by atoms with Crippen LogP contribution in [0.5, 0.6) is 0 Å². The fraction of sp³-hybridized carbons (Fsp3) is 0.611. The van der Waals surface area contributed by atoms with E-state index in [4.69, 9.17) is 32.7 Å². The SMILES string of the molecule is CC(C)(C)OC(=O)N1CCCO[C@](CCO)(c2ccc(Cl)c(Cl)c2)C1. The lowest BCUT2D eigenvalue weighted by molar-refractivity contribution is -0.0680. The molecule has 1 fully saturated rings. The quantitative estimate of drug-likeness (QED) is 0.839. The molecule has 7 heteroatoms. The van der Waals surface area contributed by atoms with Crippen molar-refractivity contribution in [2.75, 3.05) is 26.3 Å². The monoisotopic (exact) mass is 389 g/mol. The van der Waals surface area contributed by atoms with Crippen LogP contribution in [0.15, 0.2) is 18.2 Å². The highest BCUT2D eigenvalue weighted by atomic mass is 35.5. The smallest absolute Gasteiger partial charge is 0.410 e. The topological polar surface area (TPSA) is 59.0 Å². The number of nitrogens with zero attached hydrogens (tertiary/aromatic N) is 1. The molecule has 25 heavy (non-hydrogen) atoms. The molecule has 1 atom stereocenters. The van der Waals surface area contributed by atoms with Crippen molar-refractivity contribution < 1.29 is 19.4 Å². The minimum absolute atomic E-state index is 0.0809. The molecule has 140 valence electrons. The van der Waals surface area contributed by atoms with E-state index in [0.29, 0.717) is 36.0 Å². The van der Waals surface area contributed by atoms with E-state index >= 15 is 0 Å². The minimum Gasteiger partial charge on any atom is -0.444 e. The average Bonchev–Trinajstić information content (AvgIpc) is 2.72. The summed E-state index contributed by atoms with van der Waals surface area (Å²) in [4.78, 5) is 14.2. The van der Waals surface area contributed by atoms with Crippen LogP contribution in [-0.2, 0) is 15.1 Å². The van der Waals surface area contributed by atoms with Gasteiger partial charge in [0.25, 0.3) is 0 Å². The Kier molecular flexibility index (Phi) is 6.60. The number of amides is 1. The van der Waals surface area contributed by atoms with Crippen LogP contribution in [0.25, 0.3) is 0 Å². The molecule has 0 spiro atoms. The zero-order valence-electron chi connectivity index (χ0n) is 14.8. The molecule has 0 saturated carbocycles. The van der Waals surface area contributed by atoms with Gasteiger partial charge in [-0.25, -0.2) is 4.79 Å². The Bertz CT molecular complexity index is 618. The van der Waals surface area contributed by atoms with Gasteiger partial charge in [0.2, 0.25) is 0 Å². The molecular formula is C18H25Cl2NO4. The summed E-state index contributed by atoms with van der Waals surface area (Å²) >= 11 is 12.2. The van der Waals surface area contributed by atoms with Gasteiger partial charge in [0.15, 0.2) is 0 Å². The maximum absolute atomic E-state index is 12.5. The standard InChI is InChI=1S/C18H25Cl2NO4/c1-17(2,3)25-16(23)21-8-4-10-24-18(12-21,7-9-22)13-5-6-14(19)15(20)11-13/h5-6,11,22H,4,7-10,12H2,1-3H3/t18-/m0/s1. The fourth-order valence-electron chi connectivity index (χ4n) is 2.87. The van der Waals surface area contributed by atoms with Crippen molar-refractivity contribution in [1.29, 1.82) is 0 Å². The zero-order chi connectivity index (χ0) is 18.7. The number of aliphatic hydroxyl groups excluding tert-OH is 1. The number of rotatable bonds is 3. The number of benzene rings is 1. The normalized spacial score (nSPS) is 21.8. The van der Waals surface area contributed by atoms with Crippen molar-refractivity contribution in [3.63, 3.8) is 0 Å². The molecule has 1 aromatic carbocycles. The third-order valence-electron chi connectivity index (χ3n) is 4.01. The van der Waals surface area contributed by atoms with Crippen molar-refractivity contribution >= 4 is 29.3 Å². The van der Waals surface area contributed by atoms with E-state index < -0.39 is 11.2 Å².